The van der Waals surface area contributed by atoms with E-state index >= 15 is 0 Å². The number of hydrogen-bond donors (Lipinski definition) is 3. The molecule has 0 fully saturated rings. The number of furan rings is 1. The third-order valence-corrected chi connectivity index (χ3v) is 2.70. The maximum atomic E-state index is 11.8. The Hall–Kier alpha value is -2.52. The van der Waals surface area contributed by atoms with Crippen molar-refractivity contribution < 1.29 is 14.3 Å². The Labute approximate surface area is 109 Å². The second-order valence-electron chi connectivity index (χ2n) is 4.33. The minimum Gasteiger partial charge on any atom is -0.466 e. The maximum Gasteiger partial charge on any atom is 0.267 e. The molecule has 0 aliphatic rings. The lowest BCUT2D eigenvalue weighted by molar-refractivity contribution is 0.0329. The third kappa shape index (κ3) is 2.84. The van der Waals surface area contributed by atoms with E-state index in [4.69, 9.17) is 9.68 Å². The zero-order valence-electron chi connectivity index (χ0n) is 10.3. The molecule has 0 saturated carbocycles. The van der Waals surface area contributed by atoms with E-state index < -0.39 is 11.5 Å². The normalized spacial score (nSPS) is 13.5. The maximum absolute atomic E-state index is 11.8. The van der Waals surface area contributed by atoms with Gasteiger partial charge in [-0.25, -0.2) is 0 Å². The molecule has 0 radical (unpaired) electrons. The van der Waals surface area contributed by atoms with Crippen LogP contribution in [0.1, 0.15) is 28.9 Å². The Balaban J connectivity index is 1.99. The van der Waals surface area contributed by atoms with Gasteiger partial charge in [0, 0.05) is 0 Å². The summed E-state index contributed by atoms with van der Waals surface area (Å²) in [5.74, 6) is -0.0228. The highest BCUT2D eigenvalue weighted by atomic mass is 16.4. The minimum absolute atomic E-state index is 0.000252. The monoisotopic (exact) mass is 259 g/mol. The first kappa shape index (κ1) is 12.9. The molecule has 2 aromatic heterocycles. The van der Waals surface area contributed by atoms with E-state index in [2.05, 4.69) is 10.3 Å². The largest absolute Gasteiger partial charge is 0.466 e. The summed E-state index contributed by atoms with van der Waals surface area (Å²) in [7, 11) is 0. The topological polar surface area (TPSA) is 102 Å². The van der Waals surface area contributed by atoms with Crippen LogP contribution < -0.4 is 5.32 Å². The summed E-state index contributed by atoms with van der Waals surface area (Å²) in [6.07, 6.45) is 1.45. The minimum atomic E-state index is -1.29. The van der Waals surface area contributed by atoms with Crippen LogP contribution in [0.3, 0.4) is 0 Å². The van der Waals surface area contributed by atoms with Crippen LogP contribution in [0.4, 0.5) is 0 Å². The number of rotatable bonds is 4. The van der Waals surface area contributed by atoms with Crippen molar-refractivity contribution >= 4 is 5.91 Å². The van der Waals surface area contributed by atoms with Crippen molar-refractivity contribution in [1.29, 1.82) is 5.26 Å². The summed E-state index contributed by atoms with van der Waals surface area (Å²) in [5.41, 5.74) is -0.709. The molecule has 0 aliphatic heterocycles. The molecule has 3 N–H and O–H groups in total. The van der Waals surface area contributed by atoms with Crippen LogP contribution in [0, 0.1) is 11.3 Å². The third-order valence-electron chi connectivity index (χ3n) is 2.70. The zero-order valence-corrected chi connectivity index (χ0v) is 10.3. The Morgan fingerprint density at radius 3 is 2.95 bits per heavy atom. The van der Waals surface area contributed by atoms with Crippen LogP contribution in [0.15, 0.2) is 34.9 Å². The molecule has 2 rings (SSSR count). The molecule has 1 amide bonds. The summed E-state index contributed by atoms with van der Waals surface area (Å²) in [5, 5.41) is 21.4. The first-order chi connectivity index (χ1) is 9.03. The summed E-state index contributed by atoms with van der Waals surface area (Å²) in [6.45, 7) is 1.54. The number of carbonyl (C=O) groups is 1. The van der Waals surface area contributed by atoms with Gasteiger partial charge in [0.05, 0.1) is 12.8 Å². The smallest absolute Gasteiger partial charge is 0.267 e. The molecule has 0 aromatic carbocycles. The summed E-state index contributed by atoms with van der Waals surface area (Å²) >= 11 is 0. The van der Waals surface area contributed by atoms with Crippen molar-refractivity contribution in [2.45, 2.75) is 12.5 Å². The van der Waals surface area contributed by atoms with Crippen molar-refractivity contribution in [3.63, 3.8) is 0 Å². The van der Waals surface area contributed by atoms with Gasteiger partial charge in [-0.05, 0) is 31.2 Å². The fraction of sp³-hybridized carbons (Fsp3) is 0.231. The van der Waals surface area contributed by atoms with E-state index in [1.165, 1.54) is 18.4 Å². The van der Waals surface area contributed by atoms with Crippen LogP contribution in [0.25, 0.3) is 0 Å². The number of aromatic amines is 1. The molecule has 6 nitrogen and oxygen atoms in total. The van der Waals surface area contributed by atoms with E-state index in [0.717, 1.165) is 0 Å². The first-order valence-corrected chi connectivity index (χ1v) is 5.66. The quantitative estimate of drug-likeness (QED) is 0.765. The predicted octanol–water partition coefficient (Wildman–Crippen LogP) is 1.12. The van der Waals surface area contributed by atoms with Gasteiger partial charge < -0.3 is 19.8 Å². The summed E-state index contributed by atoms with van der Waals surface area (Å²) in [4.78, 5) is 14.5. The molecule has 19 heavy (non-hydrogen) atoms. The van der Waals surface area contributed by atoms with Crippen LogP contribution in [-0.4, -0.2) is 22.5 Å². The molecule has 98 valence electrons. The van der Waals surface area contributed by atoms with Gasteiger partial charge in [-0.1, -0.05) is 0 Å². The molecule has 0 saturated heterocycles. The molecule has 2 heterocycles. The van der Waals surface area contributed by atoms with E-state index in [-0.39, 0.29) is 12.2 Å². The zero-order chi connectivity index (χ0) is 13.9. The number of H-pyrrole nitrogens is 1. The van der Waals surface area contributed by atoms with Crippen molar-refractivity contribution in [1.82, 2.24) is 10.3 Å². The van der Waals surface area contributed by atoms with Crippen LogP contribution >= 0.6 is 0 Å². The number of amides is 1. The van der Waals surface area contributed by atoms with E-state index in [1.54, 1.807) is 19.1 Å². The summed E-state index contributed by atoms with van der Waals surface area (Å²) < 4.78 is 5.11. The molecule has 6 heteroatoms. The Morgan fingerprint density at radius 1 is 1.58 bits per heavy atom. The molecular weight excluding hydrogens is 246 g/mol. The average Bonchev–Trinajstić information content (AvgIpc) is 3.06. The lowest BCUT2D eigenvalue weighted by Crippen LogP contribution is -2.38. The van der Waals surface area contributed by atoms with E-state index in [0.29, 0.717) is 11.5 Å². The fourth-order valence-electron chi connectivity index (χ4n) is 1.61. The fourth-order valence-corrected chi connectivity index (χ4v) is 1.61. The Bertz CT molecular complexity index is 605. The number of nitriles is 1. The van der Waals surface area contributed by atoms with Gasteiger partial charge in [-0.15, -0.1) is 0 Å². The summed E-state index contributed by atoms with van der Waals surface area (Å²) in [6, 6.07) is 8.22. The molecule has 2 aromatic rings. The Morgan fingerprint density at radius 2 is 2.37 bits per heavy atom. The van der Waals surface area contributed by atoms with Gasteiger partial charge in [0.15, 0.2) is 0 Å². The molecule has 0 aliphatic carbocycles. The Kier molecular flexibility index (Phi) is 3.40. The van der Waals surface area contributed by atoms with Gasteiger partial charge in [0.2, 0.25) is 0 Å². The number of hydrogen-bond acceptors (Lipinski definition) is 4. The van der Waals surface area contributed by atoms with Crippen LogP contribution in [0.2, 0.25) is 0 Å². The van der Waals surface area contributed by atoms with Gasteiger partial charge in [-0.3, -0.25) is 4.79 Å². The van der Waals surface area contributed by atoms with Gasteiger partial charge >= 0.3 is 0 Å². The second kappa shape index (κ2) is 5.00. The standard InChI is InChI=1S/C13H13N3O3/c1-13(18,11-3-2-6-19-11)8-15-12(17)10-5-4-9(7-14)16-10/h2-6,16,18H,8H2,1H3,(H,15,17). The van der Waals surface area contributed by atoms with Crippen molar-refractivity contribution in [3.05, 3.63) is 47.7 Å². The number of nitrogens with zero attached hydrogens (tertiary/aromatic N) is 1. The molecule has 0 spiro atoms. The predicted molar refractivity (Wildman–Crippen MR) is 66.1 cm³/mol. The second-order valence-corrected chi connectivity index (χ2v) is 4.33. The molecule has 0 bridgehead atoms. The number of aliphatic hydroxyl groups is 1. The highest BCUT2D eigenvalue weighted by molar-refractivity contribution is 5.92. The highest BCUT2D eigenvalue weighted by Crippen LogP contribution is 2.19. The van der Waals surface area contributed by atoms with Gasteiger partial charge in [-0.2, -0.15) is 5.26 Å². The van der Waals surface area contributed by atoms with Gasteiger partial charge in [0.1, 0.15) is 28.8 Å². The number of carbonyl (C=O) groups excluding carboxylic acids is 1. The van der Waals surface area contributed by atoms with Crippen molar-refractivity contribution in [2.75, 3.05) is 6.54 Å². The SMILES string of the molecule is CC(O)(CNC(=O)c1ccc(C#N)[nH]1)c1ccco1. The number of nitrogens with one attached hydrogen (secondary N) is 2. The molecular formula is C13H13N3O3. The number of aromatic nitrogens is 1. The highest BCUT2D eigenvalue weighted by Gasteiger charge is 2.27. The van der Waals surface area contributed by atoms with E-state index in [9.17, 15) is 9.90 Å². The van der Waals surface area contributed by atoms with E-state index in [1.807, 2.05) is 6.07 Å². The van der Waals surface area contributed by atoms with Crippen molar-refractivity contribution in [2.24, 2.45) is 0 Å². The average molecular weight is 259 g/mol. The van der Waals surface area contributed by atoms with Gasteiger partial charge in [0.25, 0.3) is 5.91 Å². The molecule has 1 unspecified atom stereocenters. The molecule has 1 atom stereocenters. The lowest BCUT2D eigenvalue weighted by Gasteiger charge is -2.20. The van der Waals surface area contributed by atoms with Crippen molar-refractivity contribution in [3.8, 4) is 6.07 Å². The van der Waals surface area contributed by atoms with Crippen LogP contribution in [0.5, 0.6) is 0 Å². The van der Waals surface area contributed by atoms with Crippen LogP contribution in [-0.2, 0) is 5.60 Å². The lowest BCUT2D eigenvalue weighted by atomic mass is 10.0. The first-order valence-electron chi connectivity index (χ1n) is 5.66.